The summed E-state index contributed by atoms with van der Waals surface area (Å²) in [7, 11) is -3.87. The molecule has 1 aromatic heterocycles. The number of sulfonamides is 1. The zero-order valence-corrected chi connectivity index (χ0v) is 27.1. The van der Waals surface area contributed by atoms with E-state index >= 15 is 0 Å². The summed E-state index contributed by atoms with van der Waals surface area (Å²) in [5.41, 5.74) is 1.37. The lowest BCUT2D eigenvalue weighted by Gasteiger charge is -2.30. The van der Waals surface area contributed by atoms with Crippen molar-refractivity contribution >= 4 is 73.8 Å². The van der Waals surface area contributed by atoms with Crippen LogP contribution in [-0.4, -0.2) is 49.6 Å². The van der Waals surface area contributed by atoms with Gasteiger partial charge >= 0.3 is 4.87 Å². The van der Waals surface area contributed by atoms with Crippen LogP contribution in [0.4, 0.5) is 11.4 Å². The summed E-state index contributed by atoms with van der Waals surface area (Å²) in [6.07, 6.45) is 0. The van der Waals surface area contributed by atoms with Crippen LogP contribution < -0.4 is 29.7 Å². The lowest BCUT2D eigenvalue weighted by molar-refractivity contribution is -0.122. The molecule has 12 nitrogen and oxygen atoms in total. The maximum atomic E-state index is 13.9. The number of anilines is 2. The molecule has 238 valence electrons. The Bertz CT molecular complexity index is 2010. The fourth-order valence-electron chi connectivity index (χ4n) is 5.39. The van der Waals surface area contributed by atoms with E-state index in [4.69, 9.17) is 26.2 Å². The van der Waals surface area contributed by atoms with Crippen LogP contribution in [0.5, 0.6) is 11.5 Å². The Morgan fingerprint density at radius 3 is 2.39 bits per heavy atom. The summed E-state index contributed by atoms with van der Waals surface area (Å²) in [5.74, 6) is -2.19. The van der Waals surface area contributed by atoms with Gasteiger partial charge in [-0.3, -0.25) is 19.2 Å². The molecule has 1 fully saturated rings. The van der Waals surface area contributed by atoms with Crippen molar-refractivity contribution in [3.8, 4) is 11.5 Å². The van der Waals surface area contributed by atoms with Gasteiger partial charge in [-0.2, -0.15) is 0 Å². The van der Waals surface area contributed by atoms with Crippen LogP contribution in [0.2, 0.25) is 5.02 Å². The van der Waals surface area contributed by atoms with Crippen molar-refractivity contribution in [1.82, 2.24) is 4.98 Å². The Morgan fingerprint density at radius 1 is 1.00 bits per heavy atom. The lowest BCUT2D eigenvalue weighted by Crippen LogP contribution is -2.32. The highest BCUT2D eigenvalue weighted by Crippen LogP contribution is 2.53. The predicted octanol–water partition coefficient (Wildman–Crippen LogP) is 3.95. The second kappa shape index (κ2) is 12.6. The predicted molar refractivity (Wildman–Crippen MR) is 173 cm³/mol. The zero-order chi connectivity index (χ0) is 32.7. The number of nitrogens with two attached hydrogens (primary N) is 1. The van der Waals surface area contributed by atoms with Gasteiger partial charge in [-0.15, -0.1) is 0 Å². The van der Waals surface area contributed by atoms with Crippen LogP contribution in [0.15, 0.2) is 81.4 Å². The second-order valence-electron chi connectivity index (χ2n) is 10.3. The molecular formula is C30H25ClN4O8S3. The zero-order valence-electron chi connectivity index (χ0n) is 23.9. The molecule has 3 aromatic carbocycles. The first-order valence-electron chi connectivity index (χ1n) is 13.8. The molecule has 0 bridgehead atoms. The van der Waals surface area contributed by atoms with E-state index in [1.54, 1.807) is 49.4 Å². The number of hydrogen-bond acceptors (Lipinski definition) is 10. The molecule has 3 heterocycles. The topological polar surface area (TPSA) is 178 Å². The van der Waals surface area contributed by atoms with E-state index in [9.17, 15) is 27.6 Å². The Hall–Kier alpha value is -4.15. The Kier molecular flexibility index (Phi) is 8.69. The van der Waals surface area contributed by atoms with Gasteiger partial charge in [0.1, 0.15) is 5.25 Å². The number of nitrogens with one attached hydrogen (secondary N) is 2. The standard InChI is InChI=1S/C30H25ClN4O8S3/c1-2-42-21-13-15(3-12-20(21)43-14-22(36)33-17-6-10-19(11-7-17)46(32,40)41)23-24-26(44-27-25(23)45-30(39)34-27)29(38)35(28(24)37)18-8-4-16(31)5-9-18/h3-13,23-24,26H,2,14H2,1H3,(H,33,36)(H,34,39)(H2,32,40,41). The van der Waals surface area contributed by atoms with Gasteiger partial charge in [-0.1, -0.05) is 40.8 Å². The van der Waals surface area contributed by atoms with E-state index in [2.05, 4.69) is 10.3 Å². The van der Waals surface area contributed by atoms with E-state index in [0.717, 1.165) is 11.3 Å². The number of rotatable bonds is 9. The van der Waals surface area contributed by atoms with Crippen LogP contribution in [0, 0.1) is 5.92 Å². The number of carbonyl (C=O) groups excluding carboxylic acids is 3. The first kappa shape index (κ1) is 31.8. The van der Waals surface area contributed by atoms with E-state index < -0.39 is 45.5 Å². The summed E-state index contributed by atoms with van der Waals surface area (Å²) >= 11 is 8.19. The number of thioether (sulfide) groups is 1. The third kappa shape index (κ3) is 6.16. The molecule has 3 atom stereocenters. The quantitative estimate of drug-likeness (QED) is 0.218. The number of primary sulfonamides is 1. The molecule has 46 heavy (non-hydrogen) atoms. The Labute approximate surface area is 275 Å². The molecule has 2 aliphatic rings. The number of imide groups is 1. The highest BCUT2D eigenvalue weighted by atomic mass is 35.5. The summed E-state index contributed by atoms with van der Waals surface area (Å²) in [6, 6.07) is 16.8. The number of carbonyl (C=O) groups is 3. The molecule has 0 spiro atoms. The number of H-pyrrole nitrogens is 1. The normalized spacial score (nSPS) is 19.0. The van der Waals surface area contributed by atoms with Crippen molar-refractivity contribution in [1.29, 1.82) is 0 Å². The number of nitrogens with zero attached hydrogens (tertiary/aromatic N) is 1. The largest absolute Gasteiger partial charge is 0.490 e. The third-order valence-electron chi connectivity index (χ3n) is 7.36. The minimum absolute atomic E-state index is 0.0912. The smallest absolute Gasteiger partial charge is 0.305 e. The van der Waals surface area contributed by atoms with E-state index in [1.807, 2.05) is 0 Å². The van der Waals surface area contributed by atoms with E-state index in [0.29, 0.717) is 37.6 Å². The summed E-state index contributed by atoms with van der Waals surface area (Å²) in [6.45, 7) is 1.65. The van der Waals surface area contributed by atoms with Gasteiger partial charge in [-0.05, 0) is 73.2 Å². The van der Waals surface area contributed by atoms with Gasteiger partial charge in [0.05, 0.1) is 28.1 Å². The number of aromatic nitrogens is 1. The highest BCUT2D eigenvalue weighted by molar-refractivity contribution is 8.00. The van der Waals surface area contributed by atoms with Crippen molar-refractivity contribution < 1.29 is 32.3 Å². The maximum Gasteiger partial charge on any atom is 0.305 e. The molecule has 3 unspecified atom stereocenters. The molecule has 0 saturated carbocycles. The lowest BCUT2D eigenvalue weighted by atomic mass is 9.83. The van der Waals surface area contributed by atoms with Gasteiger partial charge in [0.2, 0.25) is 21.8 Å². The van der Waals surface area contributed by atoms with Gasteiger partial charge in [-0.25, -0.2) is 18.5 Å². The average molecular weight is 701 g/mol. The van der Waals surface area contributed by atoms with Crippen molar-refractivity contribution in [3.63, 3.8) is 0 Å². The van der Waals surface area contributed by atoms with Crippen LogP contribution in [0.1, 0.15) is 23.3 Å². The number of hydrogen-bond donors (Lipinski definition) is 3. The number of aromatic amines is 1. The number of halogens is 1. The molecule has 16 heteroatoms. The van der Waals surface area contributed by atoms with Crippen molar-refractivity contribution in [2.45, 2.75) is 28.0 Å². The highest BCUT2D eigenvalue weighted by Gasteiger charge is 2.56. The van der Waals surface area contributed by atoms with Gasteiger partial charge < -0.3 is 19.8 Å². The van der Waals surface area contributed by atoms with E-state index in [-0.39, 0.29) is 28.0 Å². The summed E-state index contributed by atoms with van der Waals surface area (Å²) < 4.78 is 34.6. The van der Waals surface area contributed by atoms with Crippen LogP contribution in [0.25, 0.3) is 0 Å². The van der Waals surface area contributed by atoms with Crippen molar-refractivity contribution in [2.75, 3.05) is 23.4 Å². The fraction of sp³-hybridized carbons (Fsp3) is 0.200. The first-order chi connectivity index (χ1) is 21.9. The molecule has 0 radical (unpaired) electrons. The van der Waals surface area contributed by atoms with Crippen LogP contribution in [-0.2, 0) is 24.4 Å². The average Bonchev–Trinajstić information content (AvgIpc) is 3.51. The summed E-state index contributed by atoms with van der Waals surface area (Å²) in [4.78, 5) is 56.9. The van der Waals surface area contributed by atoms with Crippen LogP contribution >= 0.6 is 34.7 Å². The van der Waals surface area contributed by atoms with Gasteiger partial charge in [0.25, 0.3) is 5.91 Å². The minimum Gasteiger partial charge on any atom is -0.490 e. The molecular weight excluding hydrogens is 676 g/mol. The fourth-order valence-corrected chi connectivity index (χ4v) is 8.55. The Morgan fingerprint density at radius 2 is 1.72 bits per heavy atom. The molecule has 6 rings (SSSR count). The van der Waals surface area contributed by atoms with Crippen LogP contribution in [0.3, 0.4) is 0 Å². The molecule has 4 N–H and O–H groups in total. The number of benzene rings is 3. The molecule has 2 aliphatic heterocycles. The molecule has 4 aromatic rings. The molecule has 0 aliphatic carbocycles. The number of amides is 3. The SMILES string of the molecule is CCOc1cc(C2c3sc(=O)[nH]c3SC3C(=O)N(c4ccc(Cl)cc4)C(=O)C32)ccc1OCC(=O)Nc1ccc(S(N)(=O)=O)cc1. The Balaban J connectivity index is 1.27. The third-order valence-corrected chi connectivity index (χ3v) is 10.9. The minimum atomic E-state index is -3.87. The van der Waals surface area contributed by atoms with Crippen molar-refractivity contribution in [2.24, 2.45) is 11.1 Å². The first-order valence-corrected chi connectivity index (χ1v) is 17.4. The number of ether oxygens (including phenoxy) is 2. The second-order valence-corrected chi connectivity index (χ2v) is 14.4. The van der Waals surface area contributed by atoms with E-state index in [1.165, 1.54) is 40.9 Å². The summed E-state index contributed by atoms with van der Waals surface area (Å²) in [5, 5.41) is 7.96. The maximum absolute atomic E-state index is 13.9. The number of fused-ring (bicyclic) bond motifs is 2. The molecule has 3 amide bonds. The monoisotopic (exact) mass is 700 g/mol. The molecule has 1 saturated heterocycles. The number of thiazole rings is 1. The van der Waals surface area contributed by atoms with Gasteiger partial charge in [0, 0.05) is 21.5 Å². The van der Waals surface area contributed by atoms with Crippen molar-refractivity contribution in [3.05, 3.63) is 91.9 Å². The van der Waals surface area contributed by atoms with Gasteiger partial charge in [0.15, 0.2) is 18.1 Å².